The number of amides is 2. The molecule has 144 valence electrons. The minimum absolute atomic E-state index is 0.0275. The van der Waals surface area contributed by atoms with Crippen molar-refractivity contribution >= 4 is 17.4 Å². The van der Waals surface area contributed by atoms with E-state index >= 15 is 0 Å². The largest absolute Gasteiger partial charge is 0.372 e. The minimum Gasteiger partial charge on any atom is -0.372 e. The van der Waals surface area contributed by atoms with Crippen molar-refractivity contribution in [1.82, 2.24) is 9.80 Å². The number of unbranched alkanes of at least 4 members (excludes halogenated alkanes) is 1. The summed E-state index contributed by atoms with van der Waals surface area (Å²) in [7, 11) is 0. The van der Waals surface area contributed by atoms with E-state index in [1.54, 1.807) is 0 Å². The van der Waals surface area contributed by atoms with Crippen LogP contribution in [0, 0.1) is 5.92 Å². The molecule has 1 N–H and O–H groups in total. The van der Waals surface area contributed by atoms with Crippen LogP contribution >= 0.6 is 0 Å². The number of anilines is 2. The number of carbonyl (C=O) groups is 1. The van der Waals surface area contributed by atoms with Gasteiger partial charge in [-0.1, -0.05) is 20.3 Å². The Labute approximate surface area is 158 Å². The fraction of sp³-hybridized carbons (Fsp3) is 0.667. The number of hydrogen-bond acceptors (Lipinski definition) is 3. The maximum atomic E-state index is 12.5. The normalized spacial score (nSPS) is 19.6. The van der Waals surface area contributed by atoms with Crippen LogP contribution < -0.4 is 10.2 Å². The van der Waals surface area contributed by atoms with E-state index in [0.29, 0.717) is 0 Å². The molecule has 26 heavy (non-hydrogen) atoms. The number of hydrogen-bond donors (Lipinski definition) is 1. The van der Waals surface area contributed by atoms with Gasteiger partial charge in [-0.2, -0.15) is 0 Å². The second-order valence-corrected chi connectivity index (χ2v) is 7.83. The zero-order chi connectivity index (χ0) is 18.4. The molecule has 0 spiro atoms. The fourth-order valence-corrected chi connectivity index (χ4v) is 3.78. The van der Waals surface area contributed by atoms with E-state index in [-0.39, 0.29) is 6.03 Å². The van der Waals surface area contributed by atoms with Gasteiger partial charge in [-0.15, -0.1) is 0 Å². The lowest BCUT2D eigenvalue weighted by molar-refractivity contribution is 0.146. The van der Waals surface area contributed by atoms with Crippen molar-refractivity contribution in [2.75, 3.05) is 56.0 Å². The number of benzene rings is 1. The van der Waals surface area contributed by atoms with Crippen LogP contribution in [0.2, 0.25) is 0 Å². The average Bonchev–Trinajstić information content (AvgIpc) is 2.68. The number of nitrogens with zero attached hydrogens (tertiary/aromatic N) is 3. The summed E-state index contributed by atoms with van der Waals surface area (Å²) < 4.78 is 0. The quantitative estimate of drug-likeness (QED) is 0.868. The van der Waals surface area contributed by atoms with Crippen LogP contribution in [0.4, 0.5) is 16.2 Å². The molecule has 3 rings (SSSR count). The van der Waals surface area contributed by atoms with Crippen LogP contribution in [-0.4, -0.2) is 61.6 Å². The van der Waals surface area contributed by atoms with Crippen molar-refractivity contribution in [3.05, 3.63) is 24.3 Å². The van der Waals surface area contributed by atoms with E-state index in [2.05, 4.69) is 41.1 Å². The maximum Gasteiger partial charge on any atom is 0.321 e. The molecule has 1 aromatic rings. The van der Waals surface area contributed by atoms with Gasteiger partial charge in [-0.3, -0.25) is 4.90 Å². The van der Waals surface area contributed by atoms with Crippen LogP contribution in [0.1, 0.15) is 39.5 Å². The topological polar surface area (TPSA) is 38.8 Å². The highest BCUT2D eigenvalue weighted by Gasteiger charge is 2.21. The monoisotopic (exact) mass is 358 g/mol. The summed E-state index contributed by atoms with van der Waals surface area (Å²) in [6, 6.07) is 8.35. The number of rotatable bonds is 5. The zero-order valence-electron chi connectivity index (χ0n) is 16.4. The van der Waals surface area contributed by atoms with Crippen LogP contribution in [0.3, 0.4) is 0 Å². The van der Waals surface area contributed by atoms with E-state index in [0.717, 1.165) is 57.4 Å². The molecule has 0 saturated carbocycles. The van der Waals surface area contributed by atoms with Crippen molar-refractivity contribution < 1.29 is 4.79 Å². The Morgan fingerprint density at radius 2 is 1.69 bits per heavy atom. The summed E-state index contributed by atoms with van der Waals surface area (Å²) in [5, 5.41) is 3.06. The van der Waals surface area contributed by atoms with Crippen molar-refractivity contribution in [3.63, 3.8) is 0 Å². The van der Waals surface area contributed by atoms with Gasteiger partial charge in [0.15, 0.2) is 0 Å². The molecule has 0 atom stereocenters. The van der Waals surface area contributed by atoms with Crippen LogP contribution in [-0.2, 0) is 0 Å². The standard InChI is InChI=1S/C21H34N4O/c1-3-4-11-23-14-16-25(17-15-23)21(26)22-19-5-7-20(8-6-19)24-12-9-18(2)10-13-24/h5-8,18H,3-4,9-17H2,1-2H3,(H,22,26). The molecule has 2 saturated heterocycles. The van der Waals surface area contributed by atoms with Gasteiger partial charge in [-0.05, 0) is 56.0 Å². The molecule has 0 radical (unpaired) electrons. The molecule has 0 bridgehead atoms. The average molecular weight is 359 g/mol. The van der Waals surface area contributed by atoms with Gasteiger partial charge >= 0.3 is 6.03 Å². The minimum atomic E-state index is 0.0275. The third kappa shape index (κ3) is 5.13. The number of urea groups is 1. The zero-order valence-corrected chi connectivity index (χ0v) is 16.4. The summed E-state index contributed by atoms with van der Waals surface area (Å²) in [6.07, 6.45) is 5.01. The molecule has 2 fully saturated rings. The molecule has 2 aliphatic heterocycles. The first kappa shape index (κ1) is 19.0. The lowest BCUT2D eigenvalue weighted by Crippen LogP contribution is -2.50. The first-order valence-corrected chi connectivity index (χ1v) is 10.3. The van der Waals surface area contributed by atoms with Gasteiger partial charge in [0.25, 0.3) is 0 Å². The molecular formula is C21H34N4O. The second kappa shape index (κ2) is 9.26. The van der Waals surface area contributed by atoms with E-state index in [1.807, 2.05) is 17.0 Å². The van der Waals surface area contributed by atoms with Gasteiger partial charge in [0.2, 0.25) is 0 Å². The third-order valence-electron chi connectivity index (χ3n) is 5.75. The third-order valence-corrected chi connectivity index (χ3v) is 5.75. The Bertz CT molecular complexity index is 558. The van der Waals surface area contributed by atoms with E-state index in [4.69, 9.17) is 0 Å². The first-order chi connectivity index (χ1) is 12.7. The molecular weight excluding hydrogens is 324 g/mol. The second-order valence-electron chi connectivity index (χ2n) is 7.83. The van der Waals surface area contributed by atoms with Gasteiger partial charge in [0.1, 0.15) is 0 Å². The number of carbonyl (C=O) groups excluding carboxylic acids is 1. The van der Waals surface area contributed by atoms with Crippen molar-refractivity contribution in [2.45, 2.75) is 39.5 Å². The molecule has 0 aromatic heterocycles. The van der Waals surface area contributed by atoms with Gasteiger partial charge < -0.3 is 15.1 Å². The van der Waals surface area contributed by atoms with Crippen molar-refractivity contribution in [3.8, 4) is 0 Å². The Balaban J connectivity index is 1.46. The van der Waals surface area contributed by atoms with Crippen molar-refractivity contribution in [1.29, 1.82) is 0 Å². The summed E-state index contributed by atoms with van der Waals surface area (Å²) in [5.41, 5.74) is 2.15. The first-order valence-electron chi connectivity index (χ1n) is 10.3. The molecule has 2 aliphatic rings. The van der Waals surface area contributed by atoms with Crippen molar-refractivity contribution in [2.24, 2.45) is 5.92 Å². The van der Waals surface area contributed by atoms with E-state index in [1.165, 1.54) is 31.4 Å². The van der Waals surface area contributed by atoms with Gasteiger partial charge in [-0.25, -0.2) is 4.79 Å². The molecule has 0 unspecified atom stereocenters. The summed E-state index contributed by atoms with van der Waals surface area (Å²) >= 11 is 0. The highest BCUT2D eigenvalue weighted by Crippen LogP contribution is 2.24. The SMILES string of the molecule is CCCCN1CCN(C(=O)Nc2ccc(N3CCC(C)CC3)cc2)CC1. The molecule has 0 aliphatic carbocycles. The number of nitrogens with one attached hydrogen (secondary N) is 1. The predicted octanol–water partition coefficient (Wildman–Crippen LogP) is 3.87. The number of piperazine rings is 1. The predicted molar refractivity (Wildman–Crippen MR) is 109 cm³/mol. The van der Waals surface area contributed by atoms with Crippen LogP contribution in [0.5, 0.6) is 0 Å². The highest BCUT2D eigenvalue weighted by atomic mass is 16.2. The van der Waals surface area contributed by atoms with Gasteiger partial charge in [0.05, 0.1) is 0 Å². The lowest BCUT2D eigenvalue weighted by atomic mass is 9.99. The smallest absolute Gasteiger partial charge is 0.321 e. The molecule has 2 amide bonds. The van der Waals surface area contributed by atoms with Crippen LogP contribution in [0.15, 0.2) is 24.3 Å². The summed E-state index contributed by atoms with van der Waals surface area (Å²) in [4.78, 5) is 19.3. The number of piperidine rings is 1. The highest BCUT2D eigenvalue weighted by molar-refractivity contribution is 5.89. The summed E-state index contributed by atoms with van der Waals surface area (Å²) in [6.45, 7) is 11.6. The fourth-order valence-electron chi connectivity index (χ4n) is 3.78. The molecule has 1 aromatic carbocycles. The molecule has 2 heterocycles. The Morgan fingerprint density at radius 3 is 2.31 bits per heavy atom. The molecule has 5 nitrogen and oxygen atoms in total. The lowest BCUT2D eigenvalue weighted by Gasteiger charge is -2.34. The Hall–Kier alpha value is -1.75. The maximum absolute atomic E-state index is 12.5. The Morgan fingerprint density at radius 1 is 1.04 bits per heavy atom. The van der Waals surface area contributed by atoms with E-state index < -0.39 is 0 Å². The van der Waals surface area contributed by atoms with E-state index in [9.17, 15) is 4.79 Å². The summed E-state index contributed by atoms with van der Waals surface area (Å²) in [5.74, 6) is 0.840. The Kier molecular flexibility index (Phi) is 6.78. The molecule has 5 heteroatoms. The van der Waals surface area contributed by atoms with Gasteiger partial charge in [0, 0.05) is 50.6 Å². The van der Waals surface area contributed by atoms with Crippen LogP contribution in [0.25, 0.3) is 0 Å².